The first kappa shape index (κ1) is 17.0. The zero-order valence-corrected chi connectivity index (χ0v) is 14.4. The third-order valence-corrected chi connectivity index (χ3v) is 4.28. The summed E-state index contributed by atoms with van der Waals surface area (Å²) >= 11 is 5.83. The van der Waals surface area contributed by atoms with Gasteiger partial charge in [-0.1, -0.05) is 35.9 Å². The number of ether oxygens (including phenoxy) is 1. The first-order chi connectivity index (χ1) is 11.9. The van der Waals surface area contributed by atoms with Crippen LogP contribution in [0.15, 0.2) is 53.6 Å². The van der Waals surface area contributed by atoms with E-state index in [4.69, 9.17) is 16.3 Å². The maximum atomic E-state index is 12.7. The molecule has 0 aliphatic carbocycles. The molecule has 0 radical (unpaired) electrons. The molecule has 3 rings (SSSR count). The zero-order valence-electron chi connectivity index (χ0n) is 13.7. The molecule has 1 aliphatic heterocycles. The molecule has 0 saturated carbocycles. The van der Waals surface area contributed by atoms with Crippen molar-refractivity contribution in [3.8, 4) is 5.75 Å². The second-order valence-corrected chi connectivity index (χ2v) is 6.13. The van der Waals surface area contributed by atoms with Crippen LogP contribution in [0.4, 0.5) is 4.79 Å². The van der Waals surface area contributed by atoms with E-state index in [0.29, 0.717) is 16.3 Å². The minimum atomic E-state index is -1.18. The molecule has 1 saturated heterocycles. The van der Waals surface area contributed by atoms with Crippen molar-refractivity contribution in [1.29, 1.82) is 0 Å². The summed E-state index contributed by atoms with van der Waals surface area (Å²) in [5, 5.41) is 8.14. The number of amides is 3. The van der Waals surface area contributed by atoms with Gasteiger partial charge in [-0.25, -0.2) is 4.79 Å². The van der Waals surface area contributed by atoms with Crippen molar-refractivity contribution in [2.24, 2.45) is 5.10 Å². The lowest BCUT2D eigenvalue weighted by Crippen LogP contribution is -2.40. The van der Waals surface area contributed by atoms with Gasteiger partial charge < -0.3 is 10.1 Å². The Kier molecular flexibility index (Phi) is 4.46. The molecule has 6 nitrogen and oxygen atoms in total. The maximum absolute atomic E-state index is 12.7. The first-order valence-corrected chi connectivity index (χ1v) is 7.92. The number of methoxy groups -OCH3 is 1. The van der Waals surface area contributed by atoms with E-state index in [-0.39, 0.29) is 0 Å². The van der Waals surface area contributed by atoms with Crippen LogP contribution in [0.3, 0.4) is 0 Å². The van der Waals surface area contributed by atoms with Crippen LogP contribution < -0.4 is 10.1 Å². The largest absolute Gasteiger partial charge is 0.497 e. The average Bonchev–Trinajstić information content (AvgIpc) is 2.84. The van der Waals surface area contributed by atoms with Crippen molar-refractivity contribution < 1.29 is 14.3 Å². The number of halogens is 1. The van der Waals surface area contributed by atoms with E-state index in [1.807, 2.05) is 0 Å². The fourth-order valence-corrected chi connectivity index (χ4v) is 2.65. The topological polar surface area (TPSA) is 71.0 Å². The Balaban J connectivity index is 1.84. The number of hydrazone groups is 1. The van der Waals surface area contributed by atoms with Gasteiger partial charge in [0.1, 0.15) is 11.3 Å². The summed E-state index contributed by atoms with van der Waals surface area (Å²) in [4.78, 5) is 25.0. The van der Waals surface area contributed by atoms with Crippen molar-refractivity contribution in [2.45, 2.75) is 12.5 Å². The van der Waals surface area contributed by atoms with Crippen molar-refractivity contribution in [3.05, 3.63) is 64.7 Å². The molecule has 2 aromatic carbocycles. The number of carbonyl (C=O) groups excluding carboxylic acids is 2. The highest BCUT2D eigenvalue weighted by Gasteiger charge is 2.49. The molecular formula is C18H16ClN3O3. The van der Waals surface area contributed by atoms with Crippen LogP contribution >= 0.6 is 11.6 Å². The van der Waals surface area contributed by atoms with Crippen LogP contribution in [0.1, 0.15) is 18.1 Å². The first-order valence-electron chi connectivity index (χ1n) is 7.55. The highest BCUT2D eigenvalue weighted by Crippen LogP contribution is 2.30. The molecule has 0 aromatic heterocycles. The molecule has 3 amide bonds. The molecule has 1 aliphatic rings. The summed E-state index contributed by atoms with van der Waals surface area (Å²) in [5.74, 6) is 0.217. The van der Waals surface area contributed by atoms with Crippen LogP contribution in [-0.4, -0.2) is 30.3 Å². The second kappa shape index (κ2) is 6.57. The SMILES string of the molecule is COc1ccc(C2(C)NC(=O)N(/N=C/c3ccc(Cl)cc3)C2=O)cc1. The lowest BCUT2D eigenvalue weighted by molar-refractivity contribution is -0.131. The van der Waals surface area contributed by atoms with Gasteiger partial charge >= 0.3 is 6.03 Å². The van der Waals surface area contributed by atoms with Gasteiger partial charge in [0.25, 0.3) is 5.91 Å². The number of rotatable bonds is 4. The molecule has 128 valence electrons. The molecule has 1 heterocycles. The quantitative estimate of drug-likeness (QED) is 0.675. The summed E-state index contributed by atoms with van der Waals surface area (Å²) in [5.41, 5.74) is 0.194. The Morgan fingerprint density at radius 1 is 1.12 bits per heavy atom. The lowest BCUT2D eigenvalue weighted by atomic mass is 9.92. The van der Waals surface area contributed by atoms with Crippen LogP contribution in [0, 0.1) is 0 Å². The van der Waals surface area contributed by atoms with Gasteiger partial charge in [0.15, 0.2) is 0 Å². The number of carbonyl (C=O) groups is 2. The zero-order chi connectivity index (χ0) is 18.0. The summed E-state index contributed by atoms with van der Waals surface area (Å²) < 4.78 is 5.11. The lowest BCUT2D eigenvalue weighted by Gasteiger charge is -2.21. The van der Waals surface area contributed by atoms with E-state index in [2.05, 4.69) is 10.4 Å². The van der Waals surface area contributed by atoms with Gasteiger partial charge in [-0.05, 0) is 42.3 Å². The Morgan fingerprint density at radius 2 is 1.76 bits per heavy atom. The Morgan fingerprint density at radius 3 is 2.36 bits per heavy atom. The van der Waals surface area contributed by atoms with Crippen molar-refractivity contribution in [2.75, 3.05) is 7.11 Å². The summed E-state index contributed by atoms with van der Waals surface area (Å²) in [6.45, 7) is 1.65. The van der Waals surface area contributed by atoms with Crippen molar-refractivity contribution >= 4 is 29.8 Å². The van der Waals surface area contributed by atoms with E-state index < -0.39 is 17.5 Å². The minimum absolute atomic E-state index is 0.451. The molecule has 1 unspecified atom stereocenters. The molecule has 0 spiro atoms. The second-order valence-electron chi connectivity index (χ2n) is 5.70. The smallest absolute Gasteiger partial charge is 0.346 e. The molecule has 7 heteroatoms. The van der Waals surface area contributed by atoms with Gasteiger partial charge in [-0.15, -0.1) is 5.01 Å². The van der Waals surface area contributed by atoms with Gasteiger partial charge in [0.2, 0.25) is 0 Å². The third-order valence-electron chi connectivity index (χ3n) is 4.03. The van der Waals surface area contributed by atoms with Crippen molar-refractivity contribution in [1.82, 2.24) is 10.3 Å². The number of hydrogen-bond donors (Lipinski definition) is 1. The number of hydrogen-bond acceptors (Lipinski definition) is 4. The predicted octanol–water partition coefficient (Wildman–Crippen LogP) is 3.15. The Hall–Kier alpha value is -2.86. The number of imide groups is 1. The van der Waals surface area contributed by atoms with Gasteiger partial charge in [0.05, 0.1) is 13.3 Å². The predicted molar refractivity (Wildman–Crippen MR) is 94.8 cm³/mol. The Labute approximate surface area is 150 Å². The monoisotopic (exact) mass is 357 g/mol. The van der Waals surface area contributed by atoms with E-state index in [1.165, 1.54) is 6.21 Å². The molecule has 1 N–H and O–H groups in total. The Bertz CT molecular complexity index is 834. The number of nitrogens with zero attached hydrogens (tertiary/aromatic N) is 2. The van der Waals surface area contributed by atoms with Gasteiger partial charge in [-0.2, -0.15) is 5.10 Å². The fourth-order valence-electron chi connectivity index (χ4n) is 2.52. The van der Waals surface area contributed by atoms with E-state index >= 15 is 0 Å². The van der Waals surface area contributed by atoms with Gasteiger partial charge in [0, 0.05) is 5.02 Å². The highest BCUT2D eigenvalue weighted by atomic mass is 35.5. The standard InChI is InChI=1S/C18H16ClN3O3/c1-18(13-5-9-15(25-2)10-6-13)16(23)22(17(24)21-18)20-11-12-3-7-14(19)8-4-12/h3-11H,1-2H3,(H,21,24)/b20-11+. The number of benzene rings is 2. The number of nitrogens with one attached hydrogen (secondary N) is 1. The molecule has 2 aromatic rings. The molecule has 1 fully saturated rings. The van der Waals surface area contributed by atoms with Crippen LogP contribution in [0.5, 0.6) is 5.75 Å². The highest BCUT2D eigenvalue weighted by molar-refractivity contribution is 6.30. The van der Waals surface area contributed by atoms with Crippen LogP contribution in [0.25, 0.3) is 0 Å². The van der Waals surface area contributed by atoms with E-state index in [0.717, 1.165) is 10.6 Å². The minimum Gasteiger partial charge on any atom is -0.497 e. The number of urea groups is 1. The maximum Gasteiger partial charge on any atom is 0.346 e. The fraction of sp³-hybridized carbons (Fsp3) is 0.167. The average molecular weight is 358 g/mol. The van der Waals surface area contributed by atoms with Crippen molar-refractivity contribution in [3.63, 3.8) is 0 Å². The summed E-state index contributed by atoms with van der Waals surface area (Å²) in [7, 11) is 1.56. The molecule has 1 atom stereocenters. The molecular weight excluding hydrogens is 342 g/mol. The third kappa shape index (κ3) is 3.21. The van der Waals surface area contributed by atoms with Crippen LogP contribution in [-0.2, 0) is 10.3 Å². The van der Waals surface area contributed by atoms with Gasteiger partial charge in [-0.3, -0.25) is 4.79 Å². The molecule has 0 bridgehead atoms. The van der Waals surface area contributed by atoms with Crippen LogP contribution in [0.2, 0.25) is 5.02 Å². The molecule has 25 heavy (non-hydrogen) atoms. The summed E-state index contributed by atoms with van der Waals surface area (Å²) in [6, 6.07) is 13.3. The normalized spacial score (nSPS) is 20.2. The van der Waals surface area contributed by atoms with E-state index in [9.17, 15) is 9.59 Å². The van der Waals surface area contributed by atoms with E-state index in [1.54, 1.807) is 62.6 Å². The summed E-state index contributed by atoms with van der Waals surface area (Å²) in [6.07, 6.45) is 1.44.